The number of alkyl carbamates (subject to hydrolysis) is 1. The van der Waals surface area contributed by atoms with Crippen LogP contribution in [0.1, 0.15) is 53.0 Å². The molecule has 0 bridgehead atoms. The van der Waals surface area contributed by atoms with Gasteiger partial charge in [0.25, 0.3) is 0 Å². The molecule has 3 N–H and O–H groups in total. The predicted molar refractivity (Wildman–Crippen MR) is 118 cm³/mol. The van der Waals surface area contributed by atoms with Crippen molar-refractivity contribution in [2.45, 2.75) is 65.2 Å². The quantitative estimate of drug-likeness (QED) is 0.315. The molecule has 1 aromatic rings. The van der Waals surface area contributed by atoms with Gasteiger partial charge in [-0.15, -0.1) is 0 Å². The molecule has 0 radical (unpaired) electrons. The van der Waals surface area contributed by atoms with Gasteiger partial charge in [0.2, 0.25) is 0 Å². The van der Waals surface area contributed by atoms with Gasteiger partial charge in [-0.1, -0.05) is 30.3 Å². The summed E-state index contributed by atoms with van der Waals surface area (Å²) < 4.78 is 11.0. The lowest BCUT2D eigenvalue weighted by Gasteiger charge is -2.29. The molecule has 0 aliphatic heterocycles. The Bertz CT molecular complexity index is 625. The maximum atomic E-state index is 12.0. The van der Waals surface area contributed by atoms with Crippen molar-refractivity contribution in [3.05, 3.63) is 35.9 Å². The molecule has 0 heterocycles. The highest BCUT2D eigenvalue weighted by molar-refractivity contribution is 5.79. The third-order valence-corrected chi connectivity index (χ3v) is 3.88. The molecule has 0 aliphatic carbocycles. The molecule has 29 heavy (non-hydrogen) atoms. The third-order valence-electron chi connectivity index (χ3n) is 3.88. The van der Waals surface area contributed by atoms with E-state index in [0.29, 0.717) is 19.1 Å². The topological polar surface area (TPSA) is 84.0 Å². The molecule has 1 amide bonds. The molecule has 1 aromatic carbocycles. The SMILES string of the molecule is CN=C(NCCCCOCc1ccccc1)NCC(C)(C)NC(=O)OC(C)(C)C. The first-order valence-corrected chi connectivity index (χ1v) is 10.2. The van der Waals surface area contributed by atoms with Crippen LogP contribution >= 0.6 is 0 Å². The summed E-state index contributed by atoms with van der Waals surface area (Å²) in [6, 6.07) is 10.2. The molecule has 7 nitrogen and oxygen atoms in total. The average Bonchev–Trinajstić information content (AvgIpc) is 2.62. The van der Waals surface area contributed by atoms with Gasteiger partial charge in [-0.25, -0.2) is 4.79 Å². The number of nitrogens with zero attached hydrogens (tertiary/aromatic N) is 1. The number of aliphatic imine (C=N–C) groups is 1. The summed E-state index contributed by atoms with van der Waals surface area (Å²) >= 11 is 0. The molecule has 0 aliphatic rings. The Hall–Kier alpha value is -2.28. The van der Waals surface area contributed by atoms with Gasteiger partial charge in [-0.2, -0.15) is 0 Å². The summed E-state index contributed by atoms with van der Waals surface area (Å²) in [5.41, 5.74) is 0.194. The third kappa shape index (κ3) is 12.7. The van der Waals surface area contributed by atoms with Gasteiger partial charge in [-0.05, 0) is 53.0 Å². The molecule has 1 rings (SSSR count). The van der Waals surface area contributed by atoms with E-state index in [-0.39, 0.29) is 0 Å². The molecule has 164 valence electrons. The minimum Gasteiger partial charge on any atom is -0.444 e. The number of carbonyl (C=O) groups is 1. The Balaban J connectivity index is 2.17. The minimum atomic E-state index is -0.518. The van der Waals surface area contributed by atoms with Crippen molar-refractivity contribution in [1.29, 1.82) is 0 Å². The lowest BCUT2D eigenvalue weighted by Crippen LogP contribution is -2.54. The van der Waals surface area contributed by atoms with Crippen molar-refractivity contribution >= 4 is 12.1 Å². The van der Waals surface area contributed by atoms with Gasteiger partial charge in [0.1, 0.15) is 5.60 Å². The Morgan fingerprint density at radius 2 is 1.72 bits per heavy atom. The van der Waals surface area contributed by atoms with Crippen LogP contribution in [0.2, 0.25) is 0 Å². The molecule has 0 saturated heterocycles. The second kappa shape index (κ2) is 12.3. The number of hydrogen-bond donors (Lipinski definition) is 3. The molecule has 0 aromatic heterocycles. The fraction of sp³-hybridized carbons (Fsp3) is 0.636. The van der Waals surface area contributed by atoms with Crippen molar-refractivity contribution in [3.63, 3.8) is 0 Å². The van der Waals surface area contributed by atoms with E-state index in [1.807, 2.05) is 52.8 Å². The first-order chi connectivity index (χ1) is 13.6. The number of rotatable bonds is 10. The fourth-order valence-electron chi connectivity index (χ4n) is 2.45. The van der Waals surface area contributed by atoms with E-state index in [1.165, 1.54) is 5.56 Å². The first kappa shape index (κ1) is 24.8. The zero-order valence-corrected chi connectivity index (χ0v) is 18.8. The Morgan fingerprint density at radius 3 is 2.34 bits per heavy atom. The largest absolute Gasteiger partial charge is 0.444 e. The molecule has 0 saturated carbocycles. The van der Waals surface area contributed by atoms with Gasteiger partial charge in [-0.3, -0.25) is 4.99 Å². The van der Waals surface area contributed by atoms with Crippen LogP contribution in [0.5, 0.6) is 0 Å². The van der Waals surface area contributed by atoms with Gasteiger partial charge in [0.05, 0.1) is 12.1 Å². The summed E-state index contributed by atoms with van der Waals surface area (Å²) in [7, 11) is 1.73. The van der Waals surface area contributed by atoms with E-state index < -0.39 is 17.2 Å². The van der Waals surface area contributed by atoms with Crippen LogP contribution in [0.25, 0.3) is 0 Å². The zero-order chi connectivity index (χ0) is 21.8. The summed E-state index contributed by atoms with van der Waals surface area (Å²) in [6.45, 7) is 12.1. The number of amides is 1. The summed E-state index contributed by atoms with van der Waals surface area (Å²) in [5.74, 6) is 0.703. The van der Waals surface area contributed by atoms with E-state index in [0.717, 1.165) is 26.0 Å². The van der Waals surface area contributed by atoms with Crippen LogP contribution < -0.4 is 16.0 Å². The summed E-state index contributed by atoms with van der Waals surface area (Å²) in [5, 5.41) is 9.39. The lowest BCUT2D eigenvalue weighted by molar-refractivity contribution is 0.0474. The number of guanidine groups is 1. The minimum absolute atomic E-state index is 0.428. The molecule has 0 spiro atoms. The first-order valence-electron chi connectivity index (χ1n) is 10.2. The zero-order valence-electron chi connectivity index (χ0n) is 18.8. The molecular formula is C22H38N4O3. The molecule has 0 atom stereocenters. The van der Waals surface area contributed by atoms with Gasteiger partial charge in [0, 0.05) is 26.7 Å². The maximum Gasteiger partial charge on any atom is 0.408 e. The van der Waals surface area contributed by atoms with Crippen LogP contribution in [-0.2, 0) is 16.1 Å². The van der Waals surface area contributed by atoms with Crippen LogP contribution in [0, 0.1) is 0 Å². The van der Waals surface area contributed by atoms with E-state index in [9.17, 15) is 4.79 Å². The highest BCUT2D eigenvalue weighted by atomic mass is 16.6. The number of benzene rings is 1. The van der Waals surface area contributed by atoms with Crippen molar-refractivity contribution < 1.29 is 14.3 Å². The molecular weight excluding hydrogens is 368 g/mol. The standard InChI is InChI=1S/C22H38N4O3/c1-21(2,3)29-20(27)26-22(4,5)17-25-19(23-6)24-14-10-11-15-28-16-18-12-8-7-9-13-18/h7-9,12-13H,10-11,14-17H2,1-6H3,(H,26,27)(H2,23,24,25). The van der Waals surface area contributed by atoms with Gasteiger partial charge < -0.3 is 25.4 Å². The number of unbranched alkanes of at least 4 members (excludes halogenated alkanes) is 1. The fourth-order valence-corrected chi connectivity index (χ4v) is 2.45. The smallest absolute Gasteiger partial charge is 0.408 e. The monoisotopic (exact) mass is 406 g/mol. The van der Waals surface area contributed by atoms with Crippen LogP contribution in [0.3, 0.4) is 0 Å². The van der Waals surface area contributed by atoms with E-state index in [4.69, 9.17) is 9.47 Å². The van der Waals surface area contributed by atoms with E-state index in [1.54, 1.807) is 7.05 Å². The van der Waals surface area contributed by atoms with Crippen molar-refractivity contribution in [2.24, 2.45) is 4.99 Å². The number of carbonyl (C=O) groups excluding carboxylic acids is 1. The molecule has 0 fully saturated rings. The van der Waals surface area contributed by atoms with Crippen LogP contribution in [0.4, 0.5) is 4.79 Å². The average molecular weight is 407 g/mol. The highest BCUT2D eigenvalue weighted by Gasteiger charge is 2.24. The number of nitrogens with one attached hydrogen (secondary N) is 3. The van der Waals surface area contributed by atoms with Crippen molar-refractivity contribution in [3.8, 4) is 0 Å². The highest BCUT2D eigenvalue weighted by Crippen LogP contribution is 2.09. The van der Waals surface area contributed by atoms with Gasteiger partial charge in [0.15, 0.2) is 5.96 Å². The van der Waals surface area contributed by atoms with Crippen molar-refractivity contribution in [2.75, 3.05) is 26.7 Å². The van der Waals surface area contributed by atoms with E-state index in [2.05, 4.69) is 33.1 Å². The second-order valence-electron chi connectivity index (χ2n) is 8.61. The summed E-state index contributed by atoms with van der Waals surface area (Å²) in [6.07, 6.45) is 1.53. The predicted octanol–water partition coefficient (Wildman–Crippen LogP) is 3.45. The van der Waals surface area contributed by atoms with Crippen LogP contribution in [-0.4, -0.2) is 49.9 Å². The van der Waals surface area contributed by atoms with Crippen LogP contribution in [0.15, 0.2) is 35.3 Å². The lowest BCUT2D eigenvalue weighted by atomic mass is 10.1. The van der Waals surface area contributed by atoms with Crippen molar-refractivity contribution in [1.82, 2.24) is 16.0 Å². The number of hydrogen-bond acceptors (Lipinski definition) is 4. The Kier molecular flexibility index (Phi) is 10.5. The Labute approximate surface area is 175 Å². The molecule has 0 unspecified atom stereocenters. The molecule has 7 heteroatoms. The van der Waals surface area contributed by atoms with E-state index >= 15 is 0 Å². The Morgan fingerprint density at radius 1 is 1.03 bits per heavy atom. The van der Waals surface area contributed by atoms with Gasteiger partial charge >= 0.3 is 6.09 Å². The normalized spacial score (nSPS) is 12.4. The number of ether oxygens (including phenoxy) is 2. The maximum absolute atomic E-state index is 12.0. The second-order valence-corrected chi connectivity index (χ2v) is 8.61. The summed E-state index contributed by atoms with van der Waals surface area (Å²) in [4.78, 5) is 16.2.